The van der Waals surface area contributed by atoms with Crippen LogP contribution < -0.4 is 0 Å². The number of hydrogen-bond acceptors (Lipinski definition) is 1. The van der Waals surface area contributed by atoms with Crippen molar-refractivity contribution in [3.05, 3.63) is 49.2 Å². The molecular weight excluding hydrogens is 379 g/mol. The summed E-state index contributed by atoms with van der Waals surface area (Å²) in [5.74, 6) is 0. The summed E-state index contributed by atoms with van der Waals surface area (Å²) in [5.41, 5.74) is 1.76. The fourth-order valence-corrected chi connectivity index (χ4v) is 2.28. The van der Waals surface area contributed by atoms with E-state index >= 15 is 0 Å². The van der Waals surface area contributed by atoms with Crippen LogP contribution in [0.15, 0.2) is 30.5 Å². The van der Waals surface area contributed by atoms with Crippen LogP contribution in [0.25, 0.3) is 11.1 Å². The normalized spacial score (nSPS) is 10.5. The topological polar surface area (TPSA) is 12.9 Å². The third-order valence-electron chi connectivity index (χ3n) is 2.06. The quantitative estimate of drug-likeness (QED) is 0.479. The van der Waals surface area contributed by atoms with Gasteiger partial charge in [-0.05, 0) is 34.7 Å². The van der Waals surface area contributed by atoms with Gasteiger partial charge in [0.25, 0.3) is 0 Å². The molecule has 1 aromatic heterocycles. The summed E-state index contributed by atoms with van der Waals surface area (Å²) in [5, 5.41) is 1.55. The molecule has 0 atom stereocenters. The minimum absolute atomic E-state index is 0.488. The van der Waals surface area contributed by atoms with Crippen LogP contribution in [0.5, 0.6) is 0 Å². The predicted molar refractivity (Wildman–Crippen MR) is 77.4 cm³/mol. The van der Waals surface area contributed by atoms with Crippen molar-refractivity contribution in [1.82, 2.24) is 4.98 Å². The van der Waals surface area contributed by atoms with Gasteiger partial charge in [-0.1, -0.05) is 46.9 Å². The predicted octanol–water partition coefficient (Wildman–Crippen LogP) is 5.31. The van der Waals surface area contributed by atoms with Gasteiger partial charge in [-0.15, -0.1) is 0 Å². The molecule has 1 heterocycles. The van der Waals surface area contributed by atoms with Crippen LogP contribution in [0.2, 0.25) is 15.2 Å². The summed E-state index contributed by atoms with van der Waals surface area (Å²) in [6.45, 7) is 0. The van der Waals surface area contributed by atoms with Gasteiger partial charge in [0.1, 0.15) is 5.15 Å². The zero-order valence-electron chi connectivity index (χ0n) is 7.85. The zero-order valence-corrected chi connectivity index (χ0v) is 12.3. The van der Waals surface area contributed by atoms with Crippen LogP contribution >= 0.6 is 57.4 Å². The van der Waals surface area contributed by atoms with Gasteiger partial charge in [-0.25, -0.2) is 4.98 Å². The monoisotopic (exact) mass is 383 g/mol. The zero-order chi connectivity index (χ0) is 11.7. The lowest BCUT2D eigenvalue weighted by Crippen LogP contribution is -1.86. The number of rotatable bonds is 1. The maximum absolute atomic E-state index is 6.12. The highest BCUT2D eigenvalue weighted by atomic mass is 127. The van der Waals surface area contributed by atoms with Gasteiger partial charge in [-0.3, -0.25) is 0 Å². The highest BCUT2D eigenvalue weighted by molar-refractivity contribution is 14.1. The molecule has 16 heavy (non-hydrogen) atoms. The Hall–Kier alpha value is -0.0300. The molecular formula is C11H5Cl3IN. The Morgan fingerprint density at radius 1 is 1.12 bits per heavy atom. The molecule has 0 saturated heterocycles. The van der Waals surface area contributed by atoms with Gasteiger partial charge in [0, 0.05) is 17.3 Å². The Morgan fingerprint density at radius 2 is 1.88 bits per heavy atom. The lowest BCUT2D eigenvalue weighted by atomic mass is 10.1. The fourth-order valence-electron chi connectivity index (χ4n) is 1.30. The Labute approximate surface area is 122 Å². The van der Waals surface area contributed by atoms with Crippen LogP contribution in [0.1, 0.15) is 0 Å². The third kappa shape index (κ3) is 2.45. The van der Waals surface area contributed by atoms with E-state index in [-0.39, 0.29) is 0 Å². The minimum Gasteiger partial charge on any atom is -0.243 e. The second-order valence-electron chi connectivity index (χ2n) is 3.10. The van der Waals surface area contributed by atoms with Crippen molar-refractivity contribution in [3.63, 3.8) is 0 Å². The summed E-state index contributed by atoms with van der Waals surface area (Å²) in [6.07, 6.45) is 1.68. The van der Waals surface area contributed by atoms with Gasteiger partial charge < -0.3 is 0 Å². The average Bonchev–Trinajstić information content (AvgIpc) is 2.26. The molecule has 0 saturated carbocycles. The molecule has 0 radical (unpaired) electrons. The van der Waals surface area contributed by atoms with Crippen LogP contribution in [0.3, 0.4) is 0 Å². The van der Waals surface area contributed by atoms with Gasteiger partial charge in [0.15, 0.2) is 0 Å². The van der Waals surface area contributed by atoms with Crippen molar-refractivity contribution in [2.24, 2.45) is 0 Å². The first-order valence-electron chi connectivity index (χ1n) is 4.35. The maximum atomic E-state index is 6.12. The second-order valence-corrected chi connectivity index (χ2v) is 5.40. The summed E-state index contributed by atoms with van der Waals surface area (Å²) in [6, 6.07) is 7.43. The molecule has 0 spiro atoms. The molecule has 5 heteroatoms. The number of halogens is 4. The van der Waals surface area contributed by atoms with Crippen molar-refractivity contribution in [1.29, 1.82) is 0 Å². The van der Waals surface area contributed by atoms with E-state index in [2.05, 4.69) is 27.6 Å². The standard InChI is InChI=1S/C11H5Cl3IN/c12-8-3-1-2-7(10(8)13)6-4-9(15)11(14)16-5-6/h1-5H. The lowest BCUT2D eigenvalue weighted by Gasteiger charge is -2.06. The lowest BCUT2D eigenvalue weighted by molar-refractivity contribution is 1.31. The van der Waals surface area contributed by atoms with Gasteiger partial charge in [0.05, 0.1) is 13.6 Å². The molecule has 0 N–H and O–H groups in total. The van der Waals surface area contributed by atoms with Crippen molar-refractivity contribution >= 4 is 57.4 Å². The summed E-state index contributed by atoms with van der Waals surface area (Å²) >= 11 is 20.1. The number of hydrogen-bond donors (Lipinski definition) is 0. The van der Waals surface area contributed by atoms with Crippen molar-refractivity contribution in [2.75, 3.05) is 0 Å². The number of pyridine rings is 1. The van der Waals surface area contributed by atoms with Crippen LogP contribution in [-0.2, 0) is 0 Å². The number of benzene rings is 1. The summed E-state index contributed by atoms with van der Waals surface area (Å²) in [7, 11) is 0. The van der Waals surface area contributed by atoms with Crippen LogP contribution in [-0.4, -0.2) is 4.98 Å². The van der Waals surface area contributed by atoms with E-state index < -0.39 is 0 Å². The number of aromatic nitrogens is 1. The van der Waals surface area contributed by atoms with E-state index in [0.29, 0.717) is 15.2 Å². The molecule has 0 amide bonds. The third-order valence-corrected chi connectivity index (χ3v) is 4.32. The molecule has 0 aliphatic rings. The van der Waals surface area contributed by atoms with E-state index in [1.165, 1.54) is 0 Å². The minimum atomic E-state index is 0.488. The maximum Gasteiger partial charge on any atom is 0.142 e. The summed E-state index contributed by atoms with van der Waals surface area (Å²) < 4.78 is 0.882. The van der Waals surface area contributed by atoms with Gasteiger partial charge in [0.2, 0.25) is 0 Å². The second kappa shape index (κ2) is 5.08. The molecule has 1 nitrogen and oxygen atoms in total. The van der Waals surface area contributed by atoms with E-state index in [1.807, 2.05) is 18.2 Å². The molecule has 0 fully saturated rings. The molecule has 0 bridgehead atoms. The van der Waals surface area contributed by atoms with E-state index in [4.69, 9.17) is 34.8 Å². The first-order chi connectivity index (χ1) is 7.59. The smallest absolute Gasteiger partial charge is 0.142 e. The molecule has 1 aromatic carbocycles. The van der Waals surface area contributed by atoms with E-state index in [0.717, 1.165) is 14.7 Å². The van der Waals surface area contributed by atoms with Crippen molar-refractivity contribution < 1.29 is 0 Å². The van der Waals surface area contributed by atoms with Crippen molar-refractivity contribution in [2.45, 2.75) is 0 Å². The molecule has 0 aliphatic heterocycles. The Morgan fingerprint density at radius 3 is 2.56 bits per heavy atom. The Bertz CT molecular complexity index is 543. The highest BCUT2D eigenvalue weighted by Crippen LogP contribution is 2.34. The SMILES string of the molecule is Clc1cccc(-c2cnc(Cl)c(I)c2)c1Cl. The molecule has 2 aromatic rings. The van der Waals surface area contributed by atoms with Crippen LogP contribution in [0, 0.1) is 3.57 Å². The van der Waals surface area contributed by atoms with E-state index in [9.17, 15) is 0 Å². The van der Waals surface area contributed by atoms with E-state index in [1.54, 1.807) is 12.3 Å². The molecule has 2 rings (SSSR count). The van der Waals surface area contributed by atoms with Crippen molar-refractivity contribution in [3.8, 4) is 11.1 Å². The Balaban J connectivity index is 2.59. The van der Waals surface area contributed by atoms with Gasteiger partial charge in [-0.2, -0.15) is 0 Å². The summed E-state index contributed by atoms with van der Waals surface area (Å²) in [4.78, 5) is 4.08. The van der Waals surface area contributed by atoms with Gasteiger partial charge >= 0.3 is 0 Å². The number of nitrogens with zero attached hydrogens (tertiary/aromatic N) is 1. The molecule has 82 valence electrons. The largest absolute Gasteiger partial charge is 0.243 e. The highest BCUT2D eigenvalue weighted by Gasteiger charge is 2.08. The van der Waals surface area contributed by atoms with Crippen LogP contribution in [0.4, 0.5) is 0 Å². The molecule has 0 unspecified atom stereocenters. The first kappa shape index (κ1) is 12.4. The Kier molecular flexibility index (Phi) is 3.95. The fraction of sp³-hybridized carbons (Fsp3) is 0. The average molecular weight is 384 g/mol. The first-order valence-corrected chi connectivity index (χ1v) is 6.56. The molecule has 0 aliphatic carbocycles.